The van der Waals surface area contributed by atoms with Crippen LogP contribution in [0, 0.1) is 6.92 Å². The van der Waals surface area contributed by atoms with Gasteiger partial charge in [-0.15, -0.1) is 11.3 Å². The van der Waals surface area contributed by atoms with Crippen LogP contribution in [0.4, 0.5) is 5.13 Å². The molecule has 1 aliphatic rings. The fraction of sp³-hybridized carbons (Fsp3) is 0.412. The summed E-state index contributed by atoms with van der Waals surface area (Å²) in [5.41, 5.74) is 1.07. The van der Waals surface area contributed by atoms with Gasteiger partial charge in [-0.1, -0.05) is 6.07 Å². The van der Waals surface area contributed by atoms with Gasteiger partial charge in [0.1, 0.15) is 0 Å². The molecule has 0 unspecified atom stereocenters. The molecule has 0 bridgehead atoms. The quantitative estimate of drug-likeness (QED) is 0.852. The summed E-state index contributed by atoms with van der Waals surface area (Å²) in [6, 6.07) is 4.58. The van der Waals surface area contributed by atoms with Gasteiger partial charge < -0.3 is 5.32 Å². The van der Waals surface area contributed by atoms with Crippen LogP contribution in [0.3, 0.4) is 0 Å². The molecular weight excluding hydrogens is 358 g/mol. The molecule has 1 fully saturated rings. The number of carbonyl (C=O) groups excluding carboxylic acids is 1. The van der Waals surface area contributed by atoms with Gasteiger partial charge in [-0.3, -0.25) is 10.1 Å². The number of hydrogen-bond acceptors (Lipinski definition) is 6. The summed E-state index contributed by atoms with van der Waals surface area (Å²) in [6.07, 6.45) is 5.11. The molecule has 1 aromatic heterocycles. The van der Waals surface area contributed by atoms with Gasteiger partial charge >= 0.3 is 0 Å². The molecule has 3 rings (SSSR count). The van der Waals surface area contributed by atoms with E-state index in [2.05, 4.69) is 15.6 Å². The van der Waals surface area contributed by atoms with E-state index in [1.807, 2.05) is 6.20 Å². The van der Waals surface area contributed by atoms with Gasteiger partial charge in [0.25, 0.3) is 5.91 Å². The number of aromatic nitrogens is 1. The van der Waals surface area contributed by atoms with Crippen molar-refractivity contribution in [2.45, 2.75) is 30.6 Å². The highest BCUT2D eigenvalue weighted by Gasteiger charge is 2.19. The maximum atomic E-state index is 12.6. The van der Waals surface area contributed by atoms with E-state index in [9.17, 15) is 13.2 Å². The number of benzene rings is 1. The average Bonchev–Trinajstić information content (AvgIpc) is 3.03. The van der Waals surface area contributed by atoms with E-state index >= 15 is 0 Å². The third-order valence-electron chi connectivity index (χ3n) is 4.37. The predicted octanol–water partition coefficient (Wildman–Crippen LogP) is 2.57. The first-order chi connectivity index (χ1) is 11.8. The number of sulfone groups is 1. The molecule has 6 nitrogen and oxygen atoms in total. The second kappa shape index (κ2) is 7.23. The SMILES string of the molecule is Cc1ccc(S(C)(=O)=O)cc1C(=O)Nc1ncc(C2CCNCC2)s1. The van der Waals surface area contributed by atoms with Crippen molar-refractivity contribution < 1.29 is 13.2 Å². The standard InChI is InChI=1S/C17H21N3O3S2/c1-11-3-4-13(25(2,22)23)9-14(11)16(21)20-17-19-10-15(24-17)12-5-7-18-8-6-12/h3-4,9-10,12,18H,5-8H2,1-2H3,(H,19,20,21). The minimum Gasteiger partial charge on any atom is -0.317 e. The third-order valence-corrected chi connectivity index (χ3v) is 6.55. The summed E-state index contributed by atoms with van der Waals surface area (Å²) in [4.78, 5) is 18.2. The fourth-order valence-electron chi connectivity index (χ4n) is 2.88. The van der Waals surface area contributed by atoms with Gasteiger partial charge in [0, 0.05) is 22.9 Å². The molecule has 2 heterocycles. The van der Waals surface area contributed by atoms with E-state index in [1.165, 1.54) is 28.3 Å². The molecule has 25 heavy (non-hydrogen) atoms. The molecule has 1 saturated heterocycles. The molecule has 2 aromatic rings. The minimum absolute atomic E-state index is 0.137. The van der Waals surface area contributed by atoms with Crippen LogP contribution >= 0.6 is 11.3 Å². The number of nitrogens with one attached hydrogen (secondary N) is 2. The number of piperidine rings is 1. The predicted molar refractivity (Wildman–Crippen MR) is 99.2 cm³/mol. The summed E-state index contributed by atoms with van der Waals surface area (Å²) in [6.45, 7) is 3.78. The second-order valence-corrected chi connectivity index (χ2v) is 9.37. The zero-order chi connectivity index (χ0) is 18.0. The Morgan fingerprint density at radius 3 is 2.72 bits per heavy atom. The Hall–Kier alpha value is -1.77. The lowest BCUT2D eigenvalue weighted by atomic mass is 9.97. The zero-order valence-corrected chi connectivity index (χ0v) is 15.8. The first kappa shape index (κ1) is 18.0. The second-order valence-electron chi connectivity index (χ2n) is 6.30. The van der Waals surface area contributed by atoms with Crippen LogP contribution in [0.5, 0.6) is 0 Å². The highest BCUT2D eigenvalue weighted by molar-refractivity contribution is 7.90. The lowest BCUT2D eigenvalue weighted by Gasteiger charge is -2.20. The Balaban J connectivity index is 1.77. The number of hydrogen-bond donors (Lipinski definition) is 2. The monoisotopic (exact) mass is 379 g/mol. The first-order valence-corrected chi connectivity index (χ1v) is 10.8. The van der Waals surface area contributed by atoms with Crippen LogP contribution in [0.15, 0.2) is 29.3 Å². The maximum absolute atomic E-state index is 12.6. The molecule has 134 valence electrons. The van der Waals surface area contributed by atoms with Gasteiger partial charge in [0.2, 0.25) is 0 Å². The number of carbonyl (C=O) groups is 1. The topological polar surface area (TPSA) is 88.2 Å². The molecule has 1 aliphatic heterocycles. The Bertz CT molecular complexity index is 884. The van der Waals surface area contributed by atoms with E-state index in [0.29, 0.717) is 16.6 Å². The molecule has 0 radical (unpaired) electrons. The van der Waals surface area contributed by atoms with Gasteiger partial charge in [-0.05, 0) is 56.5 Å². The highest BCUT2D eigenvalue weighted by atomic mass is 32.2. The van der Waals surface area contributed by atoms with Crippen molar-refractivity contribution in [3.63, 3.8) is 0 Å². The van der Waals surface area contributed by atoms with Crippen molar-refractivity contribution in [3.05, 3.63) is 40.4 Å². The smallest absolute Gasteiger partial charge is 0.257 e. The van der Waals surface area contributed by atoms with Gasteiger partial charge in [-0.2, -0.15) is 0 Å². The van der Waals surface area contributed by atoms with Crippen molar-refractivity contribution in [2.24, 2.45) is 0 Å². The fourth-order valence-corrected chi connectivity index (χ4v) is 4.51. The number of thiazole rings is 1. The van der Waals surface area contributed by atoms with Crippen LogP contribution in [0.25, 0.3) is 0 Å². The summed E-state index contributed by atoms with van der Waals surface area (Å²) in [5.74, 6) is 0.147. The van der Waals surface area contributed by atoms with E-state index in [-0.39, 0.29) is 10.8 Å². The minimum atomic E-state index is -3.36. The average molecular weight is 380 g/mol. The van der Waals surface area contributed by atoms with Crippen LogP contribution in [-0.4, -0.2) is 38.7 Å². The van der Waals surface area contributed by atoms with E-state index in [0.717, 1.165) is 37.8 Å². The number of nitrogens with zero attached hydrogens (tertiary/aromatic N) is 1. The van der Waals surface area contributed by atoms with Crippen molar-refractivity contribution in [1.82, 2.24) is 10.3 Å². The first-order valence-electron chi connectivity index (χ1n) is 8.13. The van der Waals surface area contributed by atoms with Crippen molar-refractivity contribution in [3.8, 4) is 0 Å². The highest BCUT2D eigenvalue weighted by Crippen LogP contribution is 2.32. The van der Waals surface area contributed by atoms with Crippen LogP contribution < -0.4 is 10.6 Å². The Morgan fingerprint density at radius 1 is 1.32 bits per heavy atom. The molecule has 0 saturated carbocycles. The van der Waals surface area contributed by atoms with Crippen LogP contribution in [0.2, 0.25) is 0 Å². The molecule has 1 amide bonds. The van der Waals surface area contributed by atoms with Gasteiger partial charge in [0.15, 0.2) is 15.0 Å². The Morgan fingerprint density at radius 2 is 2.04 bits per heavy atom. The molecule has 0 spiro atoms. The Labute approximate surface area is 151 Å². The van der Waals surface area contributed by atoms with Crippen LogP contribution in [-0.2, 0) is 9.84 Å². The third kappa shape index (κ3) is 4.26. The number of rotatable bonds is 4. The molecule has 2 N–H and O–H groups in total. The summed E-state index contributed by atoms with van der Waals surface area (Å²) in [5, 5.41) is 6.67. The largest absolute Gasteiger partial charge is 0.317 e. The van der Waals surface area contributed by atoms with E-state index in [1.54, 1.807) is 13.0 Å². The lowest BCUT2D eigenvalue weighted by Crippen LogP contribution is -2.26. The zero-order valence-electron chi connectivity index (χ0n) is 14.2. The van der Waals surface area contributed by atoms with Gasteiger partial charge in [0.05, 0.1) is 4.90 Å². The molecular formula is C17H21N3O3S2. The molecule has 0 aliphatic carbocycles. The number of aryl methyl sites for hydroxylation is 1. The van der Waals surface area contributed by atoms with Crippen molar-refractivity contribution in [1.29, 1.82) is 0 Å². The summed E-state index contributed by atoms with van der Waals surface area (Å²) < 4.78 is 23.4. The lowest BCUT2D eigenvalue weighted by molar-refractivity contribution is 0.102. The van der Waals surface area contributed by atoms with Crippen molar-refractivity contribution in [2.75, 3.05) is 24.7 Å². The van der Waals surface area contributed by atoms with E-state index in [4.69, 9.17) is 0 Å². The number of anilines is 1. The van der Waals surface area contributed by atoms with E-state index < -0.39 is 9.84 Å². The maximum Gasteiger partial charge on any atom is 0.257 e. The normalized spacial score (nSPS) is 15.9. The summed E-state index contributed by atoms with van der Waals surface area (Å²) in [7, 11) is -3.36. The molecule has 8 heteroatoms. The molecule has 0 atom stereocenters. The van der Waals surface area contributed by atoms with Crippen molar-refractivity contribution >= 4 is 32.2 Å². The summed E-state index contributed by atoms with van der Waals surface area (Å²) >= 11 is 1.49. The Kier molecular flexibility index (Phi) is 5.21. The molecule has 1 aromatic carbocycles. The number of amides is 1. The van der Waals surface area contributed by atoms with Gasteiger partial charge in [-0.25, -0.2) is 13.4 Å². The van der Waals surface area contributed by atoms with Crippen LogP contribution in [0.1, 0.15) is 39.6 Å².